The zero-order valence-corrected chi connectivity index (χ0v) is 8.88. The molecule has 2 rings (SSSR count). The summed E-state index contributed by atoms with van der Waals surface area (Å²) in [5, 5.41) is 2.66. The molecule has 0 aliphatic carbocycles. The average Bonchev–Trinajstić information content (AvgIpc) is 2.21. The molecule has 1 aliphatic rings. The lowest BCUT2D eigenvalue weighted by molar-refractivity contribution is -0.128. The molecule has 0 spiro atoms. The highest BCUT2D eigenvalue weighted by Crippen LogP contribution is 2.23. The van der Waals surface area contributed by atoms with Crippen molar-refractivity contribution in [2.45, 2.75) is 26.3 Å². The van der Waals surface area contributed by atoms with E-state index in [4.69, 9.17) is 7.85 Å². The Bertz CT molecular complexity index is 365. The van der Waals surface area contributed by atoms with Crippen LogP contribution in [-0.2, 0) is 4.79 Å². The maximum Gasteiger partial charge on any atom is 0.222 e. The van der Waals surface area contributed by atoms with Crippen molar-refractivity contribution >= 4 is 19.2 Å². The number of hydrogen-bond acceptors (Lipinski definition) is 1. The van der Waals surface area contributed by atoms with Gasteiger partial charge in [0.25, 0.3) is 0 Å². The molecule has 15 heavy (non-hydrogen) atoms. The van der Waals surface area contributed by atoms with Gasteiger partial charge in [0.1, 0.15) is 13.7 Å². The van der Waals surface area contributed by atoms with E-state index in [2.05, 4.69) is 5.32 Å². The molecular weight excluding hydrogens is 192 g/mol. The maximum atomic E-state index is 13.0. The van der Waals surface area contributed by atoms with E-state index in [0.717, 1.165) is 5.56 Å². The first kappa shape index (κ1) is 11.8. The van der Waals surface area contributed by atoms with E-state index in [1.165, 1.54) is 12.1 Å². The van der Waals surface area contributed by atoms with Gasteiger partial charge in [0.05, 0.1) is 12.5 Å². The number of halogens is 1. The monoisotopic (exact) mass is 207 g/mol. The summed E-state index contributed by atoms with van der Waals surface area (Å²) < 4.78 is 13.0. The van der Waals surface area contributed by atoms with Gasteiger partial charge in [-0.1, -0.05) is 31.4 Å². The van der Waals surface area contributed by atoms with Crippen LogP contribution in [0.15, 0.2) is 18.2 Å². The molecule has 1 aromatic rings. The molecule has 1 saturated heterocycles. The minimum absolute atomic E-state index is 0. The Morgan fingerprint density at radius 3 is 2.60 bits per heavy atom. The van der Waals surface area contributed by atoms with Gasteiger partial charge in [-0.25, -0.2) is 4.39 Å². The van der Waals surface area contributed by atoms with Crippen molar-refractivity contribution in [3.8, 4) is 0 Å². The summed E-state index contributed by atoms with van der Waals surface area (Å²) in [5.41, 5.74) is 0.903. The van der Waals surface area contributed by atoms with Gasteiger partial charge in [-0.3, -0.25) is 4.79 Å². The van der Waals surface area contributed by atoms with Crippen LogP contribution in [-0.4, -0.2) is 13.8 Å². The molecule has 1 unspecified atom stereocenters. The minimum Gasteiger partial charge on any atom is -0.349 e. The molecule has 1 N–H and O–H groups in total. The summed E-state index contributed by atoms with van der Waals surface area (Å²) in [6.07, 6.45) is 0.434. The molecule has 1 amide bonds. The second-order valence-electron chi connectivity index (χ2n) is 3.11. The normalized spacial score (nSPS) is 18.3. The fraction of sp³-hybridized carbons (Fsp3) is 0.364. The third-order valence-electron chi connectivity index (χ3n) is 2.15. The average molecular weight is 207 g/mol. The Morgan fingerprint density at radius 2 is 2.13 bits per heavy atom. The van der Waals surface area contributed by atoms with Crippen LogP contribution in [0.1, 0.15) is 33.3 Å². The van der Waals surface area contributed by atoms with Crippen LogP contribution < -0.4 is 10.8 Å². The number of benzene rings is 1. The number of nitrogens with one attached hydrogen (secondary N) is 1. The van der Waals surface area contributed by atoms with Gasteiger partial charge in [-0.2, -0.15) is 0 Å². The highest BCUT2D eigenvalue weighted by Gasteiger charge is 2.26. The third-order valence-corrected chi connectivity index (χ3v) is 2.15. The van der Waals surface area contributed by atoms with Crippen LogP contribution in [0.2, 0.25) is 0 Å². The highest BCUT2D eigenvalue weighted by atomic mass is 19.1. The third kappa shape index (κ3) is 2.58. The molecule has 0 saturated carbocycles. The van der Waals surface area contributed by atoms with E-state index in [-0.39, 0.29) is 18.8 Å². The molecule has 1 atom stereocenters. The molecule has 1 aromatic carbocycles. The highest BCUT2D eigenvalue weighted by molar-refractivity contribution is 6.32. The first-order chi connectivity index (χ1) is 7.16. The van der Waals surface area contributed by atoms with Gasteiger partial charge in [0.15, 0.2) is 0 Å². The molecule has 4 heteroatoms. The SMILES string of the molecule is CC.[B]c1ccc(C2CC(=O)N2)cc1F.[HH]. The fourth-order valence-corrected chi connectivity index (χ4v) is 1.32. The fourth-order valence-electron chi connectivity index (χ4n) is 1.32. The van der Waals surface area contributed by atoms with Crippen molar-refractivity contribution in [1.29, 1.82) is 0 Å². The number of carbonyl (C=O) groups is 1. The van der Waals surface area contributed by atoms with E-state index < -0.39 is 5.82 Å². The van der Waals surface area contributed by atoms with Gasteiger partial charge < -0.3 is 5.32 Å². The van der Waals surface area contributed by atoms with Crippen molar-refractivity contribution in [1.82, 2.24) is 5.32 Å². The van der Waals surface area contributed by atoms with Crippen molar-refractivity contribution in [3.05, 3.63) is 29.6 Å². The van der Waals surface area contributed by atoms with Crippen LogP contribution in [0.5, 0.6) is 0 Å². The summed E-state index contributed by atoms with van der Waals surface area (Å²) in [6, 6.07) is 4.56. The maximum absolute atomic E-state index is 13.0. The minimum atomic E-state index is -0.432. The van der Waals surface area contributed by atoms with Gasteiger partial charge in [0.2, 0.25) is 5.91 Å². The topological polar surface area (TPSA) is 29.1 Å². The second-order valence-corrected chi connectivity index (χ2v) is 3.11. The van der Waals surface area contributed by atoms with Crippen LogP contribution in [0, 0.1) is 5.82 Å². The predicted octanol–water partition coefficient (Wildman–Crippen LogP) is 1.45. The Balaban J connectivity index is 0.000000711. The van der Waals surface area contributed by atoms with Gasteiger partial charge in [-0.05, 0) is 11.6 Å². The van der Waals surface area contributed by atoms with E-state index in [0.29, 0.717) is 6.42 Å². The van der Waals surface area contributed by atoms with Crippen molar-refractivity contribution in [2.24, 2.45) is 0 Å². The van der Waals surface area contributed by atoms with Crippen molar-refractivity contribution in [3.63, 3.8) is 0 Å². The Kier molecular flexibility index (Phi) is 3.89. The first-order valence-corrected chi connectivity index (χ1v) is 5.01. The Hall–Kier alpha value is -1.32. The molecule has 2 radical (unpaired) electrons. The lowest BCUT2D eigenvalue weighted by Crippen LogP contribution is -2.41. The van der Waals surface area contributed by atoms with Crippen molar-refractivity contribution < 1.29 is 10.6 Å². The quantitative estimate of drug-likeness (QED) is 0.548. The molecule has 0 bridgehead atoms. The van der Waals surface area contributed by atoms with Gasteiger partial charge in [0, 0.05) is 1.43 Å². The molecule has 2 nitrogen and oxygen atoms in total. The zero-order valence-electron chi connectivity index (χ0n) is 8.88. The summed E-state index contributed by atoms with van der Waals surface area (Å²) in [4.78, 5) is 10.6. The van der Waals surface area contributed by atoms with Gasteiger partial charge in [-0.15, -0.1) is 0 Å². The van der Waals surface area contributed by atoms with E-state index >= 15 is 0 Å². The summed E-state index contributed by atoms with van der Waals surface area (Å²) in [6.45, 7) is 4.00. The van der Waals surface area contributed by atoms with E-state index in [1.54, 1.807) is 6.07 Å². The van der Waals surface area contributed by atoms with E-state index in [1.807, 2.05) is 13.8 Å². The van der Waals surface area contributed by atoms with Crippen molar-refractivity contribution in [2.75, 3.05) is 0 Å². The molecule has 80 valence electrons. The molecule has 1 heterocycles. The van der Waals surface area contributed by atoms with Crippen LogP contribution >= 0.6 is 0 Å². The molecular formula is C11H15BFNO. The first-order valence-electron chi connectivity index (χ1n) is 5.01. The van der Waals surface area contributed by atoms with E-state index in [9.17, 15) is 9.18 Å². The summed E-state index contributed by atoms with van der Waals surface area (Å²) >= 11 is 0. The number of carbonyl (C=O) groups excluding carboxylic acids is 1. The molecule has 1 fully saturated rings. The predicted molar refractivity (Wildman–Crippen MR) is 60.8 cm³/mol. The standard InChI is InChI=1S/C9H7BFNO.C2H6.H2/c10-6-2-1-5(3-7(6)11)8-4-9(13)12-8;1-2;/h1-3,8H,4H2,(H,12,13);1-2H3;1H. The largest absolute Gasteiger partial charge is 0.349 e. The number of hydrogen-bond donors (Lipinski definition) is 1. The molecule has 1 aliphatic heterocycles. The number of β-lactam (4-membered cyclic amide) rings is 1. The van der Waals surface area contributed by atoms with Gasteiger partial charge >= 0.3 is 0 Å². The lowest BCUT2D eigenvalue weighted by Gasteiger charge is -2.27. The lowest BCUT2D eigenvalue weighted by atomic mass is 9.90. The van der Waals surface area contributed by atoms with Crippen LogP contribution in [0.3, 0.4) is 0 Å². The Morgan fingerprint density at radius 1 is 1.53 bits per heavy atom. The summed E-state index contributed by atoms with van der Waals surface area (Å²) in [7, 11) is 5.31. The second kappa shape index (κ2) is 4.96. The number of rotatable bonds is 1. The summed E-state index contributed by atoms with van der Waals surface area (Å²) in [5.74, 6) is -0.430. The zero-order chi connectivity index (χ0) is 11.4. The van der Waals surface area contributed by atoms with Crippen LogP contribution in [0.4, 0.5) is 4.39 Å². The number of amides is 1. The van der Waals surface area contributed by atoms with Crippen LogP contribution in [0.25, 0.3) is 0 Å². The Labute approximate surface area is 91.8 Å². The molecule has 0 aromatic heterocycles. The smallest absolute Gasteiger partial charge is 0.222 e.